The number of hydrogen-bond donors (Lipinski definition) is 1. The lowest BCUT2D eigenvalue weighted by Crippen LogP contribution is -2.10. The minimum absolute atomic E-state index is 0.138. The Morgan fingerprint density at radius 1 is 1.31 bits per heavy atom. The molecule has 0 aromatic heterocycles. The van der Waals surface area contributed by atoms with Gasteiger partial charge < -0.3 is 5.11 Å². The molecule has 1 unspecified atom stereocenters. The second kappa shape index (κ2) is 5.69. The highest BCUT2D eigenvalue weighted by molar-refractivity contribution is 5.68. The van der Waals surface area contributed by atoms with Crippen molar-refractivity contribution in [3.05, 3.63) is 35.4 Å². The Labute approximate surface area is 97.3 Å². The Balaban J connectivity index is 2.91. The third-order valence-corrected chi connectivity index (χ3v) is 2.81. The lowest BCUT2D eigenvalue weighted by Gasteiger charge is -2.19. The summed E-state index contributed by atoms with van der Waals surface area (Å²) in [6.45, 7) is 6.31. The molecule has 0 saturated heterocycles. The van der Waals surface area contributed by atoms with E-state index in [0.29, 0.717) is 5.92 Å². The fraction of sp³-hybridized carbons (Fsp3) is 0.500. The molecule has 1 atom stereocenters. The molecule has 1 N–H and O–H groups in total. The van der Waals surface area contributed by atoms with E-state index in [4.69, 9.17) is 5.11 Å². The number of benzene rings is 1. The van der Waals surface area contributed by atoms with E-state index in [1.165, 1.54) is 11.1 Å². The summed E-state index contributed by atoms with van der Waals surface area (Å²) >= 11 is 0. The summed E-state index contributed by atoms with van der Waals surface area (Å²) in [5, 5.41) is 8.95. The third-order valence-electron chi connectivity index (χ3n) is 2.81. The summed E-state index contributed by atoms with van der Waals surface area (Å²) in [5.74, 6) is -0.0587. The van der Waals surface area contributed by atoms with Crippen molar-refractivity contribution in [3.63, 3.8) is 0 Å². The predicted octanol–water partition coefficient (Wildman–Crippen LogP) is 3.60. The van der Waals surface area contributed by atoms with Crippen molar-refractivity contribution in [3.8, 4) is 0 Å². The van der Waals surface area contributed by atoms with Gasteiger partial charge in [-0.3, -0.25) is 4.79 Å². The molecule has 0 aliphatic carbocycles. The second-order valence-electron chi connectivity index (χ2n) is 4.78. The number of aryl methyl sites for hydroxylation is 1. The molecule has 2 heteroatoms. The first kappa shape index (κ1) is 12.8. The van der Waals surface area contributed by atoms with Gasteiger partial charge in [0.15, 0.2) is 0 Å². The van der Waals surface area contributed by atoms with Gasteiger partial charge in [0.2, 0.25) is 0 Å². The first-order chi connectivity index (χ1) is 7.50. The quantitative estimate of drug-likeness (QED) is 0.823. The summed E-state index contributed by atoms with van der Waals surface area (Å²) in [4.78, 5) is 10.9. The van der Waals surface area contributed by atoms with E-state index in [9.17, 15) is 4.79 Å². The van der Waals surface area contributed by atoms with Crippen LogP contribution in [0.2, 0.25) is 0 Å². The predicted molar refractivity (Wildman–Crippen MR) is 65.6 cm³/mol. The maximum atomic E-state index is 10.9. The Morgan fingerprint density at radius 2 is 1.94 bits per heavy atom. The van der Waals surface area contributed by atoms with E-state index in [0.717, 1.165) is 6.42 Å². The average Bonchev–Trinajstić information content (AvgIpc) is 2.15. The molecule has 0 radical (unpaired) electrons. The van der Waals surface area contributed by atoms with Crippen LogP contribution in [-0.2, 0) is 4.79 Å². The highest BCUT2D eigenvalue weighted by Gasteiger charge is 2.18. The number of aliphatic carboxylic acids is 1. The van der Waals surface area contributed by atoms with Crippen LogP contribution >= 0.6 is 0 Å². The van der Waals surface area contributed by atoms with Crippen LogP contribution in [-0.4, -0.2) is 11.1 Å². The highest BCUT2D eigenvalue weighted by atomic mass is 16.4. The van der Waals surface area contributed by atoms with Gasteiger partial charge in [-0.15, -0.1) is 0 Å². The molecule has 0 aliphatic heterocycles. The van der Waals surface area contributed by atoms with Gasteiger partial charge in [-0.25, -0.2) is 0 Å². The van der Waals surface area contributed by atoms with E-state index in [1.807, 2.05) is 31.2 Å². The minimum Gasteiger partial charge on any atom is -0.481 e. The van der Waals surface area contributed by atoms with Crippen molar-refractivity contribution >= 4 is 5.97 Å². The Hall–Kier alpha value is -1.31. The molecule has 0 amide bonds. The van der Waals surface area contributed by atoms with Gasteiger partial charge in [0.05, 0.1) is 6.42 Å². The lowest BCUT2D eigenvalue weighted by molar-refractivity contribution is -0.137. The molecule has 0 heterocycles. The smallest absolute Gasteiger partial charge is 0.303 e. The fourth-order valence-electron chi connectivity index (χ4n) is 2.14. The zero-order valence-electron chi connectivity index (χ0n) is 10.2. The Kier molecular flexibility index (Phi) is 4.53. The monoisotopic (exact) mass is 220 g/mol. The van der Waals surface area contributed by atoms with Crippen molar-refractivity contribution in [2.24, 2.45) is 5.92 Å². The number of hydrogen-bond acceptors (Lipinski definition) is 1. The summed E-state index contributed by atoms with van der Waals surface area (Å²) in [6.07, 6.45) is 1.15. The van der Waals surface area contributed by atoms with Gasteiger partial charge in [-0.1, -0.05) is 38.1 Å². The van der Waals surface area contributed by atoms with Crippen LogP contribution in [0.5, 0.6) is 0 Å². The first-order valence-corrected chi connectivity index (χ1v) is 5.78. The van der Waals surface area contributed by atoms with Crippen molar-refractivity contribution in [1.29, 1.82) is 0 Å². The molecule has 16 heavy (non-hydrogen) atoms. The van der Waals surface area contributed by atoms with E-state index in [2.05, 4.69) is 13.8 Å². The van der Waals surface area contributed by atoms with Gasteiger partial charge in [-0.2, -0.15) is 0 Å². The average molecular weight is 220 g/mol. The number of carboxylic acids is 1. The second-order valence-corrected chi connectivity index (χ2v) is 4.78. The molecule has 1 aromatic rings. The molecule has 0 spiro atoms. The molecule has 88 valence electrons. The Bertz CT molecular complexity index is 356. The Morgan fingerprint density at radius 3 is 2.44 bits per heavy atom. The first-order valence-electron chi connectivity index (χ1n) is 5.78. The van der Waals surface area contributed by atoms with Gasteiger partial charge in [0.1, 0.15) is 0 Å². The van der Waals surface area contributed by atoms with Crippen molar-refractivity contribution in [2.45, 2.75) is 39.5 Å². The molecular formula is C14H20O2. The van der Waals surface area contributed by atoms with Crippen LogP contribution < -0.4 is 0 Å². The summed E-state index contributed by atoms with van der Waals surface area (Å²) in [5.41, 5.74) is 2.37. The summed E-state index contributed by atoms with van der Waals surface area (Å²) in [6, 6.07) is 8.07. The van der Waals surface area contributed by atoms with Gasteiger partial charge in [-0.05, 0) is 36.3 Å². The maximum Gasteiger partial charge on any atom is 0.303 e. The normalized spacial score (nSPS) is 12.8. The van der Waals surface area contributed by atoms with Crippen molar-refractivity contribution in [1.82, 2.24) is 0 Å². The number of carboxylic acid groups (broad SMARTS) is 1. The topological polar surface area (TPSA) is 37.3 Å². The molecule has 2 nitrogen and oxygen atoms in total. The third kappa shape index (κ3) is 3.69. The van der Waals surface area contributed by atoms with Crippen LogP contribution in [0.15, 0.2) is 24.3 Å². The van der Waals surface area contributed by atoms with E-state index in [-0.39, 0.29) is 12.3 Å². The number of carbonyl (C=O) groups is 1. The summed E-state index contributed by atoms with van der Waals surface area (Å²) in [7, 11) is 0. The minimum atomic E-state index is -0.714. The highest BCUT2D eigenvalue weighted by Crippen LogP contribution is 2.29. The molecule has 1 aromatic carbocycles. The fourth-order valence-corrected chi connectivity index (χ4v) is 2.14. The van der Waals surface area contributed by atoms with Crippen molar-refractivity contribution in [2.75, 3.05) is 0 Å². The largest absolute Gasteiger partial charge is 0.481 e. The zero-order valence-corrected chi connectivity index (χ0v) is 10.2. The number of rotatable bonds is 5. The lowest BCUT2D eigenvalue weighted by atomic mass is 9.85. The van der Waals surface area contributed by atoms with Crippen LogP contribution in [0.4, 0.5) is 0 Å². The molecule has 0 saturated carbocycles. The standard InChI is InChI=1S/C14H20O2/c1-10(2)8-12(9-14(15)16)13-7-5-4-6-11(13)3/h4-7,10,12H,8-9H2,1-3H3,(H,15,16). The van der Waals surface area contributed by atoms with E-state index in [1.54, 1.807) is 0 Å². The van der Waals surface area contributed by atoms with Crippen molar-refractivity contribution < 1.29 is 9.90 Å². The van der Waals surface area contributed by atoms with Crippen LogP contribution in [0.3, 0.4) is 0 Å². The van der Waals surface area contributed by atoms with Crippen LogP contribution in [0, 0.1) is 12.8 Å². The van der Waals surface area contributed by atoms with Gasteiger partial charge in [0, 0.05) is 0 Å². The van der Waals surface area contributed by atoms with Crippen LogP contribution in [0.25, 0.3) is 0 Å². The molecular weight excluding hydrogens is 200 g/mol. The summed E-state index contributed by atoms with van der Waals surface area (Å²) < 4.78 is 0. The van der Waals surface area contributed by atoms with Crippen LogP contribution in [0.1, 0.15) is 43.7 Å². The maximum absolute atomic E-state index is 10.9. The van der Waals surface area contributed by atoms with Gasteiger partial charge >= 0.3 is 5.97 Å². The van der Waals surface area contributed by atoms with Gasteiger partial charge in [0.25, 0.3) is 0 Å². The molecule has 0 fully saturated rings. The molecule has 0 aliphatic rings. The van der Waals surface area contributed by atoms with E-state index < -0.39 is 5.97 Å². The SMILES string of the molecule is Cc1ccccc1C(CC(=O)O)CC(C)C. The molecule has 1 rings (SSSR count). The van der Waals surface area contributed by atoms with E-state index >= 15 is 0 Å². The zero-order chi connectivity index (χ0) is 12.1. The molecule has 0 bridgehead atoms.